The number of carbonyl (C=O) groups is 1. The third kappa shape index (κ3) is 7.45. The number of amides is 1. The summed E-state index contributed by atoms with van der Waals surface area (Å²) in [6.45, 7) is 2.16. The number of hydrogen-bond acceptors (Lipinski definition) is 6. The Bertz CT molecular complexity index is 1420. The molecule has 0 atom stereocenters. The molecule has 0 heterocycles. The molecule has 38 heavy (non-hydrogen) atoms. The van der Waals surface area contributed by atoms with Crippen molar-refractivity contribution in [1.29, 1.82) is 5.26 Å². The molecule has 1 amide bonds. The lowest BCUT2D eigenvalue weighted by atomic mass is 10.1. The monoisotopic (exact) mass is 637 g/mol. The highest BCUT2D eigenvalue weighted by atomic mass is 127. The van der Waals surface area contributed by atoms with Crippen LogP contribution in [-0.4, -0.2) is 17.4 Å². The maximum absolute atomic E-state index is 13.0. The van der Waals surface area contributed by atoms with Crippen molar-refractivity contribution < 1.29 is 32.4 Å². The van der Waals surface area contributed by atoms with Crippen LogP contribution in [0.25, 0.3) is 6.08 Å². The quantitative estimate of drug-likeness (QED) is 0.0914. The first-order valence-electron chi connectivity index (χ1n) is 10.9. The number of nitrogens with zero attached hydrogens (tertiary/aromatic N) is 2. The molecule has 0 unspecified atom stereocenters. The Morgan fingerprint density at radius 2 is 1.87 bits per heavy atom. The Morgan fingerprint density at radius 1 is 1.16 bits per heavy atom. The van der Waals surface area contributed by atoms with Gasteiger partial charge < -0.3 is 14.8 Å². The van der Waals surface area contributed by atoms with Crippen molar-refractivity contribution in [1.82, 2.24) is 0 Å². The molecule has 8 nitrogen and oxygen atoms in total. The zero-order valence-electron chi connectivity index (χ0n) is 19.7. The normalized spacial score (nSPS) is 11.4. The van der Waals surface area contributed by atoms with Crippen LogP contribution in [0.2, 0.25) is 0 Å². The fourth-order valence-electron chi connectivity index (χ4n) is 3.23. The molecule has 0 aliphatic carbocycles. The number of benzene rings is 3. The Hall–Kier alpha value is -4.12. The summed E-state index contributed by atoms with van der Waals surface area (Å²) >= 11 is 2.00. The van der Waals surface area contributed by atoms with Crippen LogP contribution in [-0.2, 0) is 17.6 Å². The Labute approximate surface area is 229 Å². The van der Waals surface area contributed by atoms with Crippen molar-refractivity contribution in [2.75, 3.05) is 11.9 Å². The third-order valence-corrected chi connectivity index (χ3v) is 5.79. The van der Waals surface area contributed by atoms with Crippen LogP contribution in [0.5, 0.6) is 11.5 Å². The van der Waals surface area contributed by atoms with E-state index in [1.165, 1.54) is 24.3 Å². The van der Waals surface area contributed by atoms with Crippen LogP contribution in [0, 0.1) is 25.0 Å². The van der Waals surface area contributed by atoms with E-state index in [1.54, 1.807) is 37.3 Å². The number of nitro groups is 1. The van der Waals surface area contributed by atoms with E-state index in [-0.39, 0.29) is 30.2 Å². The molecule has 0 aliphatic rings. The summed E-state index contributed by atoms with van der Waals surface area (Å²) in [6, 6.07) is 14.9. The Balaban J connectivity index is 1.82. The molecule has 0 bridgehead atoms. The number of anilines is 1. The molecule has 12 heteroatoms. The maximum Gasteiger partial charge on any atom is 0.416 e. The fraction of sp³-hybridized carbons (Fsp3) is 0.154. The van der Waals surface area contributed by atoms with Gasteiger partial charge in [0.05, 0.1) is 20.7 Å². The Kier molecular flexibility index (Phi) is 9.30. The van der Waals surface area contributed by atoms with Crippen LogP contribution in [0.4, 0.5) is 24.5 Å². The van der Waals surface area contributed by atoms with Crippen molar-refractivity contribution in [3.05, 3.63) is 96.6 Å². The molecular formula is C26H19F3IN3O5. The van der Waals surface area contributed by atoms with Crippen molar-refractivity contribution >= 4 is 45.9 Å². The first-order chi connectivity index (χ1) is 18.0. The molecule has 0 aromatic heterocycles. The SMILES string of the molecule is CCOc1cc(/C=C(\C#N)C(=O)Nc2cccc(C(F)(F)F)c2)cc(I)c1OCc1ccc([N+](=O)[O-])cc1. The molecule has 0 radical (unpaired) electrons. The minimum absolute atomic E-state index is 0.0418. The van der Waals surface area contributed by atoms with Crippen molar-refractivity contribution in [3.63, 3.8) is 0 Å². The van der Waals surface area contributed by atoms with Gasteiger partial charge in [0.2, 0.25) is 0 Å². The van der Waals surface area contributed by atoms with Gasteiger partial charge in [-0.05, 0) is 89.2 Å². The molecule has 3 aromatic rings. The number of non-ortho nitro benzene ring substituents is 1. The van der Waals surface area contributed by atoms with E-state index < -0.39 is 22.6 Å². The largest absolute Gasteiger partial charge is 0.490 e. The van der Waals surface area contributed by atoms with Crippen molar-refractivity contribution in [2.45, 2.75) is 19.7 Å². The summed E-state index contributed by atoms with van der Waals surface area (Å²) in [5.74, 6) is -0.142. The molecule has 196 valence electrons. The van der Waals surface area contributed by atoms with E-state index in [2.05, 4.69) is 5.32 Å². The number of nitriles is 1. The molecule has 0 saturated heterocycles. The second kappa shape index (κ2) is 12.4. The highest BCUT2D eigenvalue weighted by Gasteiger charge is 2.30. The second-order valence-corrected chi connectivity index (χ2v) is 8.84. The van der Waals surface area contributed by atoms with Gasteiger partial charge in [0.1, 0.15) is 18.2 Å². The lowest BCUT2D eigenvalue weighted by molar-refractivity contribution is -0.384. The van der Waals surface area contributed by atoms with Crippen LogP contribution in [0.3, 0.4) is 0 Å². The van der Waals surface area contributed by atoms with Gasteiger partial charge in [-0.2, -0.15) is 18.4 Å². The molecule has 0 aliphatic heterocycles. The summed E-state index contributed by atoms with van der Waals surface area (Å²) in [6.07, 6.45) is -3.29. The number of nitro benzene ring substituents is 1. The third-order valence-electron chi connectivity index (χ3n) is 4.99. The van der Waals surface area contributed by atoms with Crippen LogP contribution in [0.15, 0.2) is 66.2 Å². The summed E-state index contributed by atoms with van der Waals surface area (Å²) in [5, 5.41) is 22.7. The summed E-state index contributed by atoms with van der Waals surface area (Å²) in [7, 11) is 0. The van der Waals surface area contributed by atoms with Crippen LogP contribution in [0.1, 0.15) is 23.6 Å². The smallest absolute Gasteiger partial charge is 0.416 e. The minimum Gasteiger partial charge on any atom is -0.490 e. The molecule has 0 saturated carbocycles. The number of rotatable bonds is 9. The Morgan fingerprint density at radius 3 is 2.47 bits per heavy atom. The fourth-order valence-corrected chi connectivity index (χ4v) is 4.01. The van der Waals surface area contributed by atoms with Gasteiger partial charge in [0.25, 0.3) is 11.6 Å². The zero-order chi connectivity index (χ0) is 27.9. The van der Waals surface area contributed by atoms with Crippen LogP contribution < -0.4 is 14.8 Å². The number of halogens is 4. The van der Waals surface area contributed by atoms with Gasteiger partial charge in [-0.15, -0.1) is 0 Å². The molecular weight excluding hydrogens is 618 g/mol. The lowest BCUT2D eigenvalue weighted by Crippen LogP contribution is -2.14. The number of alkyl halides is 3. The standard InChI is InChI=1S/C26H19F3IN3O5/c1-2-37-23-12-17(11-22(30)24(23)38-15-16-6-8-21(9-7-16)33(35)36)10-18(14-31)25(34)32-20-5-3-4-19(13-20)26(27,28)29/h3-13H,2,15H2,1H3,(H,32,34)/b18-10+. The van der Waals surface area contributed by atoms with Gasteiger partial charge in [-0.1, -0.05) is 6.07 Å². The molecule has 3 aromatic carbocycles. The topological polar surface area (TPSA) is 114 Å². The average molecular weight is 637 g/mol. The first kappa shape index (κ1) is 28.5. The number of nitrogens with one attached hydrogen (secondary N) is 1. The van der Waals surface area contributed by atoms with Crippen LogP contribution >= 0.6 is 22.6 Å². The van der Waals surface area contributed by atoms with E-state index >= 15 is 0 Å². The van der Waals surface area contributed by atoms with Crippen molar-refractivity contribution in [3.8, 4) is 17.6 Å². The van der Waals surface area contributed by atoms with E-state index in [4.69, 9.17) is 9.47 Å². The molecule has 3 rings (SSSR count). The van der Waals surface area contributed by atoms with Gasteiger partial charge in [0.15, 0.2) is 11.5 Å². The average Bonchev–Trinajstić information content (AvgIpc) is 2.86. The highest BCUT2D eigenvalue weighted by Crippen LogP contribution is 2.36. The summed E-state index contributed by atoms with van der Waals surface area (Å²) in [5.41, 5.74) is -0.296. The maximum atomic E-state index is 13.0. The molecule has 1 N–H and O–H groups in total. The van der Waals surface area contributed by atoms with E-state index in [9.17, 15) is 33.3 Å². The van der Waals surface area contributed by atoms with Gasteiger partial charge >= 0.3 is 6.18 Å². The van der Waals surface area contributed by atoms with Gasteiger partial charge in [0, 0.05) is 17.8 Å². The molecule has 0 spiro atoms. The second-order valence-electron chi connectivity index (χ2n) is 7.68. The first-order valence-corrected chi connectivity index (χ1v) is 12.0. The summed E-state index contributed by atoms with van der Waals surface area (Å²) < 4.78 is 51.1. The predicted octanol–water partition coefficient (Wildman–Crippen LogP) is 6.74. The molecule has 0 fully saturated rings. The number of hydrogen-bond donors (Lipinski definition) is 1. The minimum atomic E-state index is -4.58. The zero-order valence-corrected chi connectivity index (χ0v) is 21.9. The lowest BCUT2D eigenvalue weighted by Gasteiger charge is -2.15. The number of ether oxygens (including phenoxy) is 2. The van der Waals surface area contributed by atoms with E-state index in [1.807, 2.05) is 22.6 Å². The van der Waals surface area contributed by atoms with E-state index in [0.29, 0.717) is 26.2 Å². The van der Waals surface area contributed by atoms with Crippen molar-refractivity contribution in [2.24, 2.45) is 0 Å². The summed E-state index contributed by atoms with van der Waals surface area (Å²) in [4.78, 5) is 22.9. The van der Waals surface area contributed by atoms with E-state index in [0.717, 1.165) is 18.2 Å². The number of carbonyl (C=O) groups excluding carboxylic acids is 1. The predicted molar refractivity (Wildman–Crippen MR) is 141 cm³/mol. The van der Waals surface area contributed by atoms with Gasteiger partial charge in [-0.25, -0.2) is 0 Å². The highest BCUT2D eigenvalue weighted by molar-refractivity contribution is 14.1. The van der Waals surface area contributed by atoms with Gasteiger partial charge in [-0.3, -0.25) is 14.9 Å².